The summed E-state index contributed by atoms with van der Waals surface area (Å²) in [5.41, 5.74) is 1.77. The average Bonchev–Trinajstić information content (AvgIpc) is 3.32. The van der Waals surface area contributed by atoms with Gasteiger partial charge in [0.15, 0.2) is 11.5 Å². The van der Waals surface area contributed by atoms with Crippen LogP contribution in [0.2, 0.25) is 25.1 Å². The van der Waals surface area contributed by atoms with E-state index in [9.17, 15) is 4.79 Å². The molecule has 0 bridgehead atoms. The van der Waals surface area contributed by atoms with E-state index in [0.29, 0.717) is 11.4 Å². The molecule has 34 heavy (non-hydrogen) atoms. The van der Waals surface area contributed by atoms with Crippen LogP contribution in [0.5, 0.6) is 5.75 Å². The summed E-state index contributed by atoms with van der Waals surface area (Å²) in [6.45, 7) is 3.97. The molecular formula is C23H19Cl5N2O4. The summed E-state index contributed by atoms with van der Waals surface area (Å²) in [5, 5.41) is 3.01. The molecular weight excluding hydrogens is 546 g/mol. The molecule has 4 rings (SSSR count). The lowest BCUT2D eigenvalue weighted by molar-refractivity contribution is 0.0342. The van der Waals surface area contributed by atoms with Gasteiger partial charge in [-0.3, -0.25) is 9.69 Å². The largest absolute Gasteiger partial charge is 0.482 e. The summed E-state index contributed by atoms with van der Waals surface area (Å²) in [6, 6.07) is 10.9. The minimum atomic E-state index is -0.386. The molecule has 0 saturated carbocycles. The van der Waals surface area contributed by atoms with Gasteiger partial charge in [-0.2, -0.15) is 0 Å². The molecule has 1 fully saturated rings. The third-order valence-electron chi connectivity index (χ3n) is 5.11. The quantitative estimate of drug-likeness (QED) is 0.243. The zero-order valence-electron chi connectivity index (χ0n) is 17.7. The number of hydrogen-bond donors (Lipinski definition) is 1. The Kier molecular flexibility index (Phi) is 8.53. The Hall–Kier alpha value is -1.64. The summed E-state index contributed by atoms with van der Waals surface area (Å²) < 4.78 is 16.6. The number of carbonyl (C=O) groups excluding carboxylic acids is 1. The third kappa shape index (κ3) is 5.94. The second-order valence-corrected chi connectivity index (χ2v) is 9.39. The molecule has 1 N–H and O–H groups in total. The molecule has 3 aromatic rings. The highest BCUT2D eigenvalue weighted by Gasteiger charge is 2.21. The first-order chi connectivity index (χ1) is 16.3. The van der Waals surface area contributed by atoms with Gasteiger partial charge in [0, 0.05) is 25.3 Å². The molecule has 1 aliphatic rings. The Morgan fingerprint density at radius 1 is 0.941 bits per heavy atom. The van der Waals surface area contributed by atoms with Crippen molar-refractivity contribution in [3.63, 3.8) is 0 Å². The fourth-order valence-electron chi connectivity index (χ4n) is 3.39. The zero-order valence-corrected chi connectivity index (χ0v) is 21.5. The highest BCUT2D eigenvalue weighted by Crippen LogP contribution is 2.48. The predicted octanol–water partition coefficient (Wildman–Crippen LogP) is 7.21. The number of hydrogen-bond acceptors (Lipinski definition) is 5. The van der Waals surface area contributed by atoms with Gasteiger partial charge in [0.05, 0.1) is 28.3 Å². The number of ether oxygens (including phenoxy) is 2. The second kappa shape index (κ2) is 11.4. The van der Waals surface area contributed by atoms with Gasteiger partial charge in [-0.15, -0.1) is 0 Å². The van der Waals surface area contributed by atoms with Gasteiger partial charge in [-0.25, -0.2) is 0 Å². The van der Waals surface area contributed by atoms with Crippen molar-refractivity contribution in [2.45, 2.75) is 13.2 Å². The van der Waals surface area contributed by atoms with Gasteiger partial charge in [0.1, 0.15) is 22.4 Å². The molecule has 6 nitrogen and oxygen atoms in total. The molecule has 2 aromatic carbocycles. The first-order valence-electron chi connectivity index (χ1n) is 10.3. The lowest BCUT2D eigenvalue weighted by atomic mass is 10.2. The Morgan fingerprint density at radius 2 is 1.62 bits per heavy atom. The number of amides is 1. The van der Waals surface area contributed by atoms with E-state index in [2.05, 4.69) is 10.2 Å². The fourth-order valence-corrected chi connectivity index (χ4v) is 4.62. The van der Waals surface area contributed by atoms with E-state index in [1.807, 2.05) is 24.3 Å². The summed E-state index contributed by atoms with van der Waals surface area (Å²) in [6.07, 6.45) is 0. The number of nitrogens with one attached hydrogen (secondary N) is 1. The number of rotatable bonds is 7. The van der Waals surface area contributed by atoms with Crippen molar-refractivity contribution in [2.24, 2.45) is 0 Å². The van der Waals surface area contributed by atoms with E-state index in [1.54, 1.807) is 12.1 Å². The van der Waals surface area contributed by atoms with Crippen molar-refractivity contribution >= 4 is 69.6 Å². The van der Waals surface area contributed by atoms with Crippen molar-refractivity contribution in [2.75, 3.05) is 31.6 Å². The molecule has 1 aliphatic heterocycles. The summed E-state index contributed by atoms with van der Waals surface area (Å²) in [4.78, 5) is 15.0. The topological polar surface area (TPSA) is 63.9 Å². The van der Waals surface area contributed by atoms with Crippen molar-refractivity contribution in [3.05, 3.63) is 78.6 Å². The summed E-state index contributed by atoms with van der Waals surface area (Å²) in [5.74, 6) is 0.188. The van der Waals surface area contributed by atoms with Crippen LogP contribution >= 0.6 is 58.0 Å². The van der Waals surface area contributed by atoms with Gasteiger partial charge in [-0.05, 0) is 29.8 Å². The number of nitrogens with zero attached hydrogens (tertiary/aromatic N) is 1. The minimum absolute atomic E-state index is 0.0301. The Balaban J connectivity index is 1.38. The van der Waals surface area contributed by atoms with Crippen molar-refractivity contribution in [1.29, 1.82) is 0 Å². The SMILES string of the molecule is O=C(Nc1cccc(CN2CCOCC2)c1)c1ccc(COc2c(Cl)c(Cl)c(Cl)c(Cl)c2Cl)o1. The molecule has 0 spiro atoms. The van der Waals surface area contributed by atoms with Gasteiger partial charge in [-0.1, -0.05) is 70.1 Å². The molecule has 1 amide bonds. The van der Waals surface area contributed by atoms with Crippen molar-refractivity contribution < 1.29 is 18.7 Å². The van der Waals surface area contributed by atoms with E-state index in [0.717, 1.165) is 38.4 Å². The molecule has 1 aromatic heterocycles. The van der Waals surface area contributed by atoms with Crippen LogP contribution in [0.3, 0.4) is 0 Å². The Bertz CT molecular complexity index is 1170. The number of carbonyl (C=O) groups is 1. The number of halogens is 5. The Labute approximate surface area is 221 Å². The highest BCUT2D eigenvalue weighted by molar-refractivity contribution is 6.55. The van der Waals surface area contributed by atoms with E-state index >= 15 is 0 Å². The van der Waals surface area contributed by atoms with Crippen molar-refractivity contribution in [1.82, 2.24) is 4.90 Å². The predicted molar refractivity (Wildman–Crippen MR) is 135 cm³/mol. The molecule has 180 valence electrons. The number of furan rings is 1. The molecule has 1 saturated heterocycles. The maximum atomic E-state index is 12.7. The fraction of sp³-hybridized carbons (Fsp3) is 0.261. The van der Waals surface area contributed by atoms with Crippen LogP contribution in [0.15, 0.2) is 40.8 Å². The van der Waals surface area contributed by atoms with Crippen LogP contribution < -0.4 is 10.1 Å². The normalized spacial score (nSPS) is 14.3. The van der Waals surface area contributed by atoms with Crippen LogP contribution in [0, 0.1) is 0 Å². The van der Waals surface area contributed by atoms with Crippen molar-refractivity contribution in [3.8, 4) is 5.75 Å². The summed E-state index contributed by atoms with van der Waals surface area (Å²) >= 11 is 30.4. The number of benzene rings is 2. The summed E-state index contributed by atoms with van der Waals surface area (Å²) in [7, 11) is 0. The average molecular weight is 565 g/mol. The van der Waals surface area contributed by atoms with Crippen LogP contribution in [0.1, 0.15) is 21.9 Å². The first-order valence-corrected chi connectivity index (χ1v) is 12.2. The van der Waals surface area contributed by atoms with Gasteiger partial charge in [0.2, 0.25) is 0 Å². The van der Waals surface area contributed by atoms with Gasteiger partial charge >= 0.3 is 0 Å². The number of anilines is 1. The minimum Gasteiger partial charge on any atom is -0.482 e. The highest BCUT2D eigenvalue weighted by atomic mass is 35.5. The van der Waals surface area contributed by atoms with Crippen LogP contribution in [-0.4, -0.2) is 37.1 Å². The maximum absolute atomic E-state index is 12.7. The van der Waals surface area contributed by atoms with Gasteiger partial charge < -0.3 is 19.2 Å². The van der Waals surface area contributed by atoms with E-state index in [-0.39, 0.29) is 49.1 Å². The van der Waals surface area contributed by atoms with E-state index in [4.69, 9.17) is 71.9 Å². The lowest BCUT2D eigenvalue weighted by Crippen LogP contribution is -2.35. The molecule has 2 heterocycles. The van der Waals surface area contributed by atoms with Gasteiger partial charge in [0.25, 0.3) is 5.91 Å². The maximum Gasteiger partial charge on any atom is 0.291 e. The standard InChI is InChI=1S/C23H19Cl5N2O4/c24-17-18(25)20(27)22(21(28)19(17)26)33-12-15-4-5-16(34-15)23(31)29-14-3-1-2-13(10-14)11-30-6-8-32-9-7-30/h1-5,10H,6-9,11-12H2,(H,29,31). The lowest BCUT2D eigenvalue weighted by Gasteiger charge is -2.26. The monoisotopic (exact) mass is 562 g/mol. The van der Waals surface area contributed by atoms with Crippen LogP contribution in [-0.2, 0) is 17.9 Å². The molecule has 0 radical (unpaired) electrons. The molecule has 0 aliphatic carbocycles. The Morgan fingerprint density at radius 3 is 2.32 bits per heavy atom. The van der Waals surface area contributed by atoms with E-state index < -0.39 is 0 Å². The van der Waals surface area contributed by atoms with Crippen LogP contribution in [0.25, 0.3) is 0 Å². The van der Waals surface area contributed by atoms with Crippen LogP contribution in [0.4, 0.5) is 5.69 Å². The second-order valence-electron chi connectivity index (χ2n) is 7.50. The first kappa shape index (κ1) is 25.5. The smallest absolute Gasteiger partial charge is 0.291 e. The zero-order chi connectivity index (χ0) is 24.2. The molecule has 0 unspecified atom stereocenters. The third-order valence-corrected chi connectivity index (χ3v) is 7.35. The van der Waals surface area contributed by atoms with E-state index in [1.165, 1.54) is 0 Å². The molecule has 0 atom stereocenters. The number of morpholine rings is 1. The molecule has 11 heteroatoms.